The third-order valence-electron chi connectivity index (χ3n) is 3.29. The minimum absolute atomic E-state index is 0.00590. The summed E-state index contributed by atoms with van der Waals surface area (Å²) in [6, 6.07) is 14.5. The predicted molar refractivity (Wildman–Crippen MR) is 67.4 cm³/mol. The van der Waals surface area contributed by atoms with Gasteiger partial charge in [0, 0.05) is 0 Å². The molecule has 0 radical (unpaired) electrons. The van der Waals surface area contributed by atoms with Crippen molar-refractivity contribution in [2.24, 2.45) is 0 Å². The van der Waals surface area contributed by atoms with Gasteiger partial charge in [-0.1, -0.05) is 42.5 Å². The first kappa shape index (κ1) is 10.4. The number of rotatable bonds is 4. The van der Waals surface area contributed by atoms with E-state index in [2.05, 4.69) is 41.7 Å². The first-order chi connectivity index (χ1) is 8.39. The molecule has 0 bridgehead atoms. The lowest BCUT2D eigenvalue weighted by Crippen LogP contribution is -2.43. The highest BCUT2D eigenvalue weighted by Gasteiger charge is 2.32. The van der Waals surface area contributed by atoms with Gasteiger partial charge >= 0.3 is 0 Å². The van der Waals surface area contributed by atoms with Crippen molar-refractivity contribution in [1.82, 2.24) is 5.32 Å². The lowest BCUT2D eigenvalue weighted by Gasteiger charge is -2.37. The van der Waals surface area contributed by atoms with Crippen molar-refractivity contribution in [3.8, 4) is 0 Å². The second-order valence-electron chi connectivity index (χ2n) is 4.38. The van der Waals surface area contributed by atoms with Gasteiger partial charge in [0.05, 0.1) is 18.3 Å². The maximum Gasteiger partial charge on any atom is 0.117 e. The van der Waals surface area contributed by atoms with E-state index >= 15 is 0 Å². The van der Waals surface area contributed by atoms with Gasteiger partial charge in [-0.2, -0.15) is 0 Å². The van der Waals surface area contributed by atoms with E-state index < -0.39 is 0 Å². The molecule has 1 aromatic carbocycles. The summed E-state index contributed by atoms with van der Waals surface area (Å²) < 4.78 is 5.35. The maximum atomic E-state index is 5.35. The SMILES string of the molecule is C1=CC(NCc2ccco2)(c2ccccc2)C1. The average Bonchev–Trinajstić information content (AvgIpc) is 2.82. The average molecular weight is 225 g/mol. The molecule has 0 saturated heterocycles. The van der Waals surface area contributed by atoms with Gasteiger partial charge in [-0.3, -0.25) is 5.32 Å². The molecule has 1 N–H and O–H groups in total. The van der Waals surface area contributed by atoms with E-state index in [0.717, 1.165) is 18.7 Å². The number of furan rings is 1. The van der Waals surface area contributed by atoms with E-state index in [1.54, 1.807) is 6.26 Å². The normalized spacial score (nSPS) is 22.4. The minimum Gasteiger partial charge on any atom is -0.468 e. The number of hydrogen-bond acceptors (Lipinski definition) is 2. The lowest BCUT2D eigenvalue weighted by molar-refractivity contribution is 0.359. The Hall–Kier alpha value is -1.80. The molecule has 2 heteroatoms. The van der Waals surface area contributed by atoms with Gasteiger partial charge in [-0.15, -0.1) is 0 Å². The number of hydrogen-bond donors (Lipinski definition) is 1. The van der Waals surface area contributed by atoms with Crippen molar-refractivity contribution in [3.63, 3.8) is 0 Å². The zero-order valence-corrected chi connectivity index (χ0v) is 9.60. The molecule has 1 heterocycles. The van der Waals surface area contributed by atoms with Crippen LogP contribution >= 0.6 is 0 Å². The predicted octanol–water partition coefficient (Wildman–Crippen LogP) is 3.22. The summed E-state index contributed by atoms with van der Waals surface area (Å²) in [5.74, 6) is 0.973. The van der Waals surface area contributed by atoms with Crippen molar-refractivity contribution >= 4 is 0 Å². The number of nitrogens with one attached hydrogen (secondary N) is 1. The fraction of sp³-hybridized carbons (Fsp3) is 0.200. The molecule has 0 amide bonds. The summed E-state index contributed by atoms with van der Waals surface area (Å²) in [7, 11) is 0. The monoisotopic (exact) mass is 225 g/mol. The van der Waals surface area contributed by atoms with Gasteiger partial charge in [0.1, 0.15) is 5.76 Å². The third-order valence-corrected chi connectivity index (χ3v) is 3.29. The maximum absolute atomic E-state index is 5.35. The van der Waals surface area contributed by atoms with E-state index in [9.17, 15) is 0 Å². The molecule has 17 heavy (non-hydrogen) atoms. The van der Waals surface area contributed by atoms with Gasteiger partial charge in [0.25, 0.3) is 0 Å². The molecule has 1 aliphatic carbocycles. The van der Waals surface area contributed by atoms with Crippen LogP contribution in [-0.2, 0) is 12.1 Å². The van der Waals surface area contributed by atoms with Crippen LogP contribution in [0.3, 0.4) is 0 Å². The molecule has 0 saturated carbocycles. The van der Waals surface area contributed by atoms with Gasteiger partial charge in [0.2, 0.25) is 0 Å². The van der Waals surface area contributed by atoms with E-state index in [-0.39, 0.29) is 5.54 Å². The smallest absolute Gasteiger partial charge is 0.117 e. The summed E-state index contributed by atoms with van der Waals surface area (Å²) in [4.78, 5) is 0. The fourth-order valence-electron chi connectivity index (χ4n) is 2.19. The molecule has 0 fully saturated rings. The van der Waals surface area contributed by atoms with Crippen molar-refractivity contribution < 1.29 is 4.42 Å². The van der Waals surface area contributed by atoms with Gasteiger partial charge in [-0.25, -0.2) is 0 Å². The van der Waals surface area contributed by atoms with Gasteiger partial charge in [-0.05, 0) is 24.1 Å². The molecular formula is C15H15NO. The van der Waals surface area contributed by atoms with Crippen molar-refractivity contribution in [2.75, 3.05) is 0 Å². The standard InChI is InChI=1S/C15H15NO/c1-2-6-13(7-3-1)15(9-5-10-15)16-12-14-8-4-11-17-14/h1-9,11,16H,10,12H2. The molecule has 0 aliphatic heterocycles. The Morgan fingerprint density at radius 2 is 1.94 bits per heavy atom. The second kappa shape index (κ2) is 4.22. The van der Waals surface area contributed by atoms with E-state index in [0.29, 0.717) is 0 Å². The third kappa shape index (κ3) is 1.92. The summed E-state index contributed by atoms with van der Waals surface area (Å²) in [6.07, 6.45) is 7.17. The van der Waals surface area contributed by atoms with Crippen LogP contribution in [0.1, 0.15) is 17.7 Å². The lowest BCUT2D eigenvalue weighted by atomic mass is 9.79. The summed E-state index contributed by atoms with van der Waals surface area (Å²) in [5.41, 5.74) is 1.31. The van der Waals surface area contributed by atoms with Crippen LogP contribution in [0.4, 0.5) is 0 Å². The van der Waals surface area contributed by atoms with Crippen molar-refractivity contribution in [3.05, 3.63) is 72.2 Å². The van der Waals surface area contributed by atoms with E-state index in [4.69, 9.17) is 4.42 Å². The van der Waals surface area contributed by atoms with Crippen LogP contribution in [0.15, 0.2) is 65.3 Å². The highest BCUT2D eigenvalue weighted by Crippen LogP contribution is 2.34. The Morgan fingerprint density at radius 1 is 1.12 bits per heavy atom. The zero-order chi connectivity index (χ0) is 11.6. The van der Waals surface area contributed by atoms with Gasteiger partial charge in [0.15, 0.2) is 0 Å². The fourth-order valence-corrected chi connectivity index (χ4v) is 2.19. The summed E-state index contributed by atoms with van der Waals surface area (Å²) in [5, 5.41) is 3.57. The molecule has 1 aliphatic rings. The topological polar surface area (TPSA) is 25.2 Å². The highest BCUT2D eigenvalue weighted by molar-refractivity contribution is 5.36. The molecule has 1 unspecified atom stereocenters. The zero-order valence-electron chi connectivity index (χ0n) is 9.60. The van der Waals surface area contributed by atoms with Crippen LogP contribution in [0.5, 0.6) is 0 Å². The molecule has 1 aromatic heterocycles. The quantitative estimate of drug-likeness (QED) is 0.808. The molecule has 86 valence electrons. The molecule has 2 nitrogen and oxygen atoms in total. The minimum atomic E-state index is -0.00590. The Morgan fingerprint density at radius 3 is 2.53 bits per heavy atom. The Bertz CT molecular complexity index is 501. The Labute approximate surface area is 101 Å². The molecule has 0 spiro atoms. The van der Waals surface area contributed by atoms with Gasteiger partial charge < -0.3 is 4.42 Å². The van der Waals surface area contributed by atoms with Crippen LogP contribution in [0, 0.1) is 0 Å². The molecule has 2 aromatic rings. The van der Waals surface area contributed by atoms with Crippen LogP contribution < -0.4 is 5.32 Å². The first-order valence-corrected chi connectivity index (χ1v) is 5.90. The highest BCUT2D eigenvalue weighted by atomic mass is 16.3. The largest absolute Gasteiger partial charge is 0.468 e. The van der Waals surface area contributed by atoms with Crippen LogP contribution in [0.25, 0.3) is 0 Å². The molecular weight excluding hydrogens is 210 g/mol. The van der Waals surface area contributed by atoms with Crippen LogP contribution in [0.2, 0.25) is 0 Å². The van der Waals surface area contributed by atoms with E-state index in [1.807, 2.05) is 18.2 Å². The van der Waals surface area contributed by atoms with Crippen molar-refractivity contribution in [1.29, 1.82) is 0 Å². The number of benzene rings is 1. The van der Waals surface area contributed by atoms with Crippen LogP contribution in [-0.4, -0.2) is 0 Å². The molecule has 1 atom stereocenters. The Kier molecular flexibility index (Phi) is 2.57. The van der Waals surface area contributed by atoms with E-state index in [1.165, 1.54) is 5.56 Å². The molecule has 3 rings (SSSR count). The second-order valence-corrected chi connectivity index (χ2v) is 4.38. The van der Waals surface area contributed by atoms with Crippen molar-refractivity contribution in [2.45, 2.75) is 18.5 Å². The summed E-state index contributed by atoms with van der Waals surface area (Å²) >= 11 is 0. The first-order valence-electron chi connectivity index (χ1n) is 5.90. The Balaban J connectivity index is 1.77. The summed E-state index contributed by atoms with van der Waals surface area (Å²) in [6.45, 7) is 0.756.